The molecule has 0 unspecified atom stereocenters. The minimum Gasteiger partial charge on any atom is -0.481 e. The maximum atomic E-state index is 9.00. The molecule has 0 saturated heterocycles. The number of carboxylic acid groups (broad SMARTS) is 4. The monoisotopic (exact) mass is 410 g/mol. The number of aliphatic hydroxyl groups is 2. The molecule has 0 fully saturated rings. The highest BCUT2D eigenvalue weighted by Gasteiger charge is 1.66. The number of hydrogen-bond acceptors (Lipinski definition) is 9. The fourth-order valence-corrected chi connectivity index (χ4v) is 0.204. The molecule has 12 N–H and O–H groups in total. The highest BCUT2D eigenvalue weighted by Crippen LogP contribution is 1.64. The Labute approximate surface area is 159 Å². The molecule has 0 radical (unpaired) electrons. The molecule has 0 aliphatic carbocycles. The maximum Gasteiger partial charge on any atom is 0.300 e. The van der Waals surface area contributed by atoms with Gasteiger partial charge in [-0.3, -0.25) is 19.2 Å². The standard InChI is InChI=1S/C4H10O.4C2H4O2.C2H6O2.2H3N/c1-3-5-4-2;4*1-2(3)4;3-1-2-4;;/h3-4H2,1-2H3;4*1H3,(H,3,4);3-4H,1-2H2;2*1H3. The average Bonchev–Trinajstić information content (AvgIpc) is 2.37. The van der Waals surface area contributed by atoms with E-state index in [0.29, 0.717) is 0 Å². The Morgan fingerprint density at radius 2 is 0.704 bits per heavy atom. The maximum absolute atomic E-state index is 9.00. The predicted octanol–water partition coefficient (Wildman–Crippen LogP) is 0.701. The molecule has 13 nitrogen and oxygen atoms in total. The first kappa shape index (κ1) is 49.7. The van der Waals surface area contributed by atoms with Gasteiger partial charge in [-0.1, -0.05) is 0 Å². The van der Waals surface area contributed by atoms with Crippen molar-refractivity contribution in [3.63, 3.8) is 0 Å². The van der Waals surface area contributed by atoms with Crippen LogP contribution in [0.15, 0.2) is 0 Å². The van der Waals surface area contributed by atoms with Crippen molar-refractivity contribution >= 4 is 23.9 Å². The molecule has 0 saturated carbocycles. The number of carbonyl (C=O) groups is 4. The van der Waals surface area contributed by atoms with Gasteiger partial charge in [0.1, 0.15) is 0 Å². The fourth-order valence-electron chi connectivity index (χ4n) is 0.204. The zero-order valence-corrected chi connectivity index (χ0v) is 17.0. The molecular formula is C14H38N2O11. The molecule has 0 aromatic heterocycles. The third kappa shape index (κ3) is 24100. The minimum atomic E-state index is -0.833. The van der Waals surface area contributed by atoms with Gasteiger partial charge in [0.15, 0.2) is 0 Å². The van der Waals surface area contributed by atoms with Crippen molar-refractivity contribution in [2.45, 2.75) is 41.5 Å². The lowest BCUT2D eigenvalue weighted by molar-refractivity contribution is -0.135. The van der Waals surface area contributed by atoms with Crippen LogP contribution in [-0.4, -0.2) is 80.9 Å². The molecule has 0 aliphatic heterocycles. The Kier molecular flexibility index (Phi) is 104. The van der Waals surface area contributed by atoms with Crippen LogP contribution in [0.4, 0.5) is 0 Å². The summed E-state index contributed by atoms with van der Waals surface area (Å²) in [4.78, 5) is 36.0. The van der Waals surface area contributed by atoms with Gasteiger partial charge in [-0.2, -0.15) is 0 Å². The Morgan fingerprint density at radius 1 is 0.593 bits per heavy atom. The molecule has 0 aromatic carbocycles. The Hall–Kier alpha value is -2.32. The van der Waals surface area contributed by atoms with E-state index in [9.17, 15) is 0 Å². The Balaban J connectivity index is -0.0000000264. The summed E-state index contributed by atoms with van der Waals surface area (Å²) < 4.78 is 4.83. The van der Waals surface area contributed by atoms with Crippen LogP contribution >= 0.6 is 0 Å². The molecule has 0 rings (SSSR count). The van der Waals surface area contributed by atoms with E-state index in [4.69, 9.17) is 54.6 Å². The van der Waals surface area contributed by atoms with Crippen molar-refractivity contribution in [2.24, 2.45) is 0 Å². The second kappa shape index (κ2) is 56.5. The van der Waals surface area contributed by atoms with Crippen molar-refractivity contribution in [3.8, 4) is 0 Å². The summed E-state index contributed by atoms with van der Waals surface area (Å²) in [5.74, 6) is -3.33. The van der Waals surface area contributed by atoms with Gasteiger partial charge in [-0.15, -0.1) is 0 Å². The molecule has 0 aliphatic rings. The molecule has 0 aromatic rings. The molecule has 170 valence electrons. The molecule has 0 heterocycles. The molecular weight excluding hydrogens is 372 g/mol. The second-order valence-electron chi connectivity index (χ2n) is 3.30. The summed E-state index contributed by atoms with van der Waals surface area (Å²) >= 11 is 0. The third-order valence-electron chi connectivity index (χ3n) is 0.508. The number of hydrogen-bond donors (Lipinski definition) is 8. The number of aliphatic hydroxyl groups excluding tert-OH is 2. The van der Waals surface area contributed by atoms with E-state index >= 15 is 0 Å². The van der Waals surface area contributed by atoms with Gasteiger partial charge >= 0.3 is 0 Å². The Bertz CT molecular complexity index is 233. The lowest BCUT2D eigenvalue weighted by Gasteiger charge is -1.86. The first-order chi connectivity index (χ1) is 11.3. The van der Waals surface area contributed by atoms with E-state index in [1.54, 1.807) is 0 Å². The summed E-state index contributed by atoms with van der Waals surface area (Å²) in [6.45, 7) is 9.75. The van der Waals surface area contributed by atoms with Crippen LogP contribution in [0.1, 0.15) is 41.5 Å². The van der Waals surface area contributed by atoms with Gasteiger partial charge in [0.2, 0.25) is 0 Å². The first-order valence-electron chi connectivity index (χ1n) is 6.83. The van der Waals surface area contributed by atoms with Crippen LogP contribution in [0.2, 0.25) is 0 Å². The van der Waals surface area contributed by atoms with E-state index in [1.165, 1.54) is 0 Å². The zero-order chi connectivity index (χ0) is 21.8. The minimum absolute atomic E-state index is 0. The molecule has 0 atom stereocenters. The van der Waals surface area contributed by atoms with Gasteiger partial charge < -0.3 is 47.7 Å². The van der Waals surface area contributed by atoms with E-state index in [0.717, 1.165) is 40.9 Å². The van der Waals surface area contributed by atoms with Gasteiger partial charge in [-0.05, 0) is 13.8 Å². The number of carboxylic acids is 4. The van der Waals surface area contributed by atoms with Gasteiger partial charge in [-0.25, -0.2) is 0 Å². The van der Waals surface area contributed by atoms with Crippen LogP contribution in [0, 0.1) is 0 Å². The molecule has 13 heteroatoms. The SMILES string of the molecule is CC(=O)O.CC(=O)O.CC(=O)O.CC(=O)O.CCOCC.N.N.OCCO. The highest BCUT2D eigenvalue weighted by molar-refractivity contribution is 5.63. The van der Waals surface area contributed by atoms with Crippen molar-refractivity contribution < 1.29 is 54.6 Å². The van der Waals surface area contributed by atoms with Crippen LogP contribution < -0.4 is 12.3 Å². The van der Waals surface area contributed by atoms with Crippen molar-refractivity contribution in [3.05, 3.63) is 0 Å². The summed E-state index contributed by atoms with van der Waals surface area (Å²) in [5.41, 5.74) is 0. The van der Waals surface area contributed by atoms with Gasteiger partial charge in [0.05, 0.1) is 13.2 Å². The smallest absolute Gasteiger partial charge is 0.300 e. The summed E-state index contributed by atoms with van der Waals surface area (Å²) in [5, 5.41) is 44.9. The lowest BCUT2D eigenvalue weighted by atomic mass is 10.8. The third-order valence-corrected chi connectivity index (χ3v) is 0.508. The normalized spacial score (nSPS) is 6.37. The van der Waals surface area contributed by atoms with Gasteiger partial charge in [0, 0.05) is 40.9 Å². The Morgan fingerprint density at radius 3 is 0.704 bits per heavy atom. The predicted molar refractivity (Wildman–Crippen MR) is 99.6 cm³/mol. The molecule has 0 amide bonds. The van der Waals surface area contributed by atoms with Crippen molar-refractivity contribution in [1.29, 1.82) is 0 Å². The van der Waals surface area contributed by atoms with E-state index in [1.807, 2.05) is 13.8 Å². The van der Waals surface area contributed by atoms with Gasteiger partial charge in [0.25, 0.3) is 23.9 Å². The first-order valence-corrected chi connectivity index (χ1v) is 6.83. The zero-order valence-electron chi connectivity index (χ0n) is 17.0. The van der Waals surface area contributed by atoms with Crippen LogP contribution in [0.3, 0.4) is 0 Å². The van der Waals surface area contributed by atoms with Crippen LogP contribution in [0.5, 0.6) is 0 Å². The summed E-state index contributed by atoms with van der Waals surface area (Å²) in [6, 6.07) is 0. The van der Waals surface area contributed by atoms with Crippen molar-refractivity contribution in [1.82, 2.24) is 12.3 Å². The van der Waals surface area contributed by atoms with E-state index < -0.39 is 23.9 Å². The number of ether oxygens (including phenoxy) is 1. The topological polar surface area (TPSA) is 269 Å². The highest BCUT2D eigenvalue weighted by atomic mass is 16.5. The molecule has 27 heavy (non-hydrogen) atoms. The van der Waals surface area contributed by atoms with E-state index in [-0.39, 0.29) is 25.5 Å². The summed E-state index contributed by atoms with van der Waals surface area (Å²) in [6.07, 6.45) is 0. The van der Waals surface area contributed by atoms with Crippen LogP contribution in [-0.2, 0) is 23.9 Å². The number of rotatable bonds is 3. The average molecular weight is 410 g/mol. The van der Waals surface area contributed by atoms with E-state index in [2.05, 4.69) is 0 Å². The quantitative estimate of drug-likeness (QED) is 0.318. The second-order valence-corrected chi connectivity index (χ2v) is 3.30. The fraction of sp³-hybridized carbons (Fsp3) is 0.714. The summed E-state index contributed by atoms with van der Waals surface area (Å²) in [7, 11) is 0. The molecule has 0 spiro atoms. The number of aliphatic carboxylic acids is 4. The largest absolute Gasteiger partial charge is 0.481 e. The molecule has 0 bridgehead atoms. The van der Waals surface area contributed by atoms with Crippen LogP contribution in [0.25, 0.3) is 0 Å². The lowest BCUT2D eigenvalue weighted by Crippen LogP contribution is -1.85. The van der Waals surface area contributed by atoms with Crippen molar-refractivity contribution in [2.75, 3.05) is 26.4 Å².